The average Bonchev–Trinajstić information content (AvgIpc) is 3.45. The fourth-order valence-electron chi connectivity index (χ4n) is 4.40. The molecule has 0 aliphatic carbocycles. The summed E-state index contributed by atoms with van der Waals surface area (Å²) in [5.74, 6) is 2.46. The molecule has 0 bridgehead atoms. The molecule has 0 spiro atoms. The van der Waals surface area contributed by atoms with E-state index in [1.165, 1.54) is 0 Å². The lowest BCUT2D eigenvalue weighted by molar-refractivity contribution is 0.0922. The largest absolute Gasteiger partial charge is 0.381 e. The van der Waals surface area contributed by atoms with E-state index in [2.05, 4.69) is 61.4 Å². The van der Waals surface area contributed by atoms with Gasteiger partial charge in [0, 0.05) is 71.1 Å². The number of piperazine rings is 1. The maximum Gasteiger partial charge on any atom is 0.227 e. The van der Waals surface area contributed by atoms with Crippen molar-refractivity contribution in [3.8, 4) is 11.5 Å². The summed E-state index contributed by atoms with van der Waals surface area (Å²) in [5, 5.41) is 9.27. The van der Waals surface area contributed by atoms with Crippen LogP contribution in [0.4, 0.5) is 5.95 Å². The summed E-state index contributed by atoms with van der Waals surface area (Å²) in [6.45, 7) is 12.4. The summed E-state index contributed by atoms with van der Waals surface area (Å²) >= 11 is 0. The molecule has 2 atom stereocenters. The van der Waals surface area contributed by atoms with Gasteiger partial charge in [0.25, 0.3) is 0 Å². The van der Waals surface area contributed by atoms with E-state index in [0.29, 0.717) is 12.0 Å². The Morgan fingerprint density at radius 2 is 2.17 bits per heavy atom. The zero-order valence-corrected chi connectivity index (χ0v) is 18.0. The Balaban J connectivity index is 1.54. The molecule has 8 nitrogen and oxygen atoms in total. The first-order valence-corrected chi connectivity index (χ1v) is 10.9. The van der Waals surface area contributed by atoms with Gasteiger partial charge in [-0.3, -0.25) is 9.47 Å². The summed E-state index contributed by atoms with van der Waals surface area (Å²) < 4.78 is 15.6. The van der Waals surface area contributed by atoms with E-state index in [1.807, 2.05) is 6.92 Å². The molecule has 0 aromatic carbocycles. The smallest absolute Gasteiger partial charge is 0.227 e. The summed E-state index contributed by atoms with van der Waals surface area (Å²) in [5.41, 5.74) is 1.10. The molecule has 4 rings (SSSR count). The first-order valence-electron chi connectivity index (χ1n) is 10.9. The maximum absolute atomic E-state index is 5.63. The van der Waals surface area contributed by atoms with Gasteiger partial charge < -0.3 is 18.9 Å². The van der Waals surface area contributed by atoms with Crippen LogP contribution in [0.15, 0.2) is 18.3 Å². The van der Waals surface area contributed by atoms with Gasteiger partial charge in [0.1, 0.15) is 0 Å². The number of hydrogen-bond donors (Lipinski definition) is 0. The van der Waals surface area contributed by atoms with Crippen LogP contribution in [0.2, 0.25) is 0 Å². The van der Waals surface area contributed by atoms with Crippen molar-refractivity contribution in [1.29, 1.82) is 0 Å². The molecule has 2 aliphatic heterocycles. The lowest BCUT2D eigenvalue weighted by atomic mass is 10.1. The van der Waals surface area contributed by atoms with Crippen LogP contribution in [0.5, 0.6) is 0 Å². The van der Waals surface area contributed by atoms with Gasteiger partial charge in [-0.2, -0.15) is 0 Å². The minimum absolute atomic E-state index is 0.461. The Morgan fingerprint density at radius 1 is 1.28 bits per heavy atom. The van der Waals surface area contributed by atoms with Crippen LogP contribution in [0.25, 0.3) is 11.5 Å². The molecule has 0 radical (unpaired) electrons. The molecule has 2 saturated heterocycles. The number of anilines is 1. The summed E-state index contributed by atoms with van der Waals surface area (Å²) in [7, 11) is 2.06. The Morgan fingerprint density at radius 3 is 2.86 bits per heavy atom. The van der Waals surface area contributed by atoms with Crippen LogP contribution >= 0.6 is 0 Å². The van der Waals surface area contributed by atoms with Crippen LogP contribution < -0.4 is 4.90 Å². The predicted molar refractivity (Wildman–Crippen MR) is 113 cm³/mol. The summed E-state index contributed by atoms with van der Waals surface area (Å²) in [6, 6.07) is 4.64. The van der Waals surface area contributed by atoms with Crippen molar-refractivity contribution in [2.24, 2.45) is 13.0 Å². The SMILES string of the molecule is CCOCCN1CCN(c2nnc(-c3cccn3C)n2C[C@@H]2CCOC2)C[C@@H]1C. The first-order chi connectivity index (χ1) is 14.2. The molecule has 0 unspecified atom stereocenters. The van der Waals surface area contributed by atoms with Crippen LogP contribution in [0.3, 0.4) is 0 Å². The molecule has 160 valence electrons. The average molecular weight is 403 g/mol. The molecule has 2 fully saturated rings. The molecule has 8 heteroatoms. The fraction of sp³-hybridized carbons (Fsp3) is 0.714. The zero-order valence-electron chi connectivity index (χ0n) is 18.0. The van der Waals surface area contributed by atoms with Crippen molar-refractivity contribution in [2.45, 2.75) is 32.9 Å². The van der Waals surface area contributed by atoms with E-state index in [1.54, 1.807) is 0 Å². The van der Waals surface area contributed by atoms with Crippen molar-refractivity contribution >= 4 is 5.95 Å². The Kier molecular flexibility index (Phi) is 6.52. The number of aromatic nitrogens is 4. The highest BCUT2D eigenvalue weighted by Crippen LogP contribution is 2.27. The van der Waals surface area contributed by atoms with E-state index >= 15 is 0 Å². The molecule has 2 aromatic heterocycles. The van der Waals surface area contributed by atoms with E-state index in [9.17, 15) is 0 Å². The van der Waals surface area contributed by atoms with E-state index < -0.39 is 0 Å². The monoisotopic (exact) mass is 402 g/mol. The number of hydrogen-bond acceptors (Lipinski definition) is 6. The minimum Gasteiger partial charge on any atom is -0.381 e. The van der Waals surface area contributed by atoms with E-state index in [-0.39, 0.29) is 0 Å². The van der Waals surface area contributed by atoms with Gasteiger partial charge in [0.2, 0.25) is 5.95 Å². The van der Waals surface area contributed by atoms with Gasteiger partial charge in [-0.05, 0) is 32.4 Å². The normalized spacial score (nSPS) is 23.2. The lowest BCUT2D eigenvalue weighted by Crippen LogP contribution is -2.53. The number of nitrogens with zero attached hydrogens (tertiary/aromatic N) is 6. The third-order valence-corrected chi connectivity index (χ3v) is 6.14. The number of rotatable bonds is 8. The summed E-state index contributed by atoms with van der Waals surface area (Å²) in [6.07, 6.45) is 3.16. The lowest BCUT2D eigenvalue weighted by Gasteiger charge is -2.40. The van der Waals surface area contributed by atoms with Crippen molar-refractivity contribution in [1.82, 2.24) is 24.2 Å². The topological polar surface area (TPSA) is 60.6 Å². The highest BCUT2D eigenvalue weighted by Gasteiger charge is 2.29. The van der Waals surface area contributed by atoms with Crippen molar-refractivity contribution in [3.63, 3.8) is 0 Å². The Hall–Kier alpha value is -1.90. The van der Waals surface area contributed by atoms with Gasteiger partial charge in [0.05, 0.1) is 18.9 Å². The van der Waals surface area contributed by atoms with Gasteiger partial charge in [0.15, 0.2) is 5.82 Å². The van der Waals surface area contributed by atoms with Crippen LogP contribution in [-0.4, -0.2) is 82.9 Å². The minimum atomic E-state index is 0.461. The molecule has 0 N–H and O–H groups in total. The standard InChI is InChI=1S/C21H34N6O2/c1-4-28-13-11-25-9-10-26(14-17(25)2)21-23-22-20(19-6-5-8-24(19)3)27(21)15-18-7-12-29-16-18/h5-6,8,17-18H,4,7,9-16H2,1-3H3/t17-,18-/m0/s1. The van der Waals surface area contributed by atoms with Crippen LogP contribution in [0.1, 0.15) is 20.3 Å². The molecule has 0 amide bonds. The number of aryl methyl sites for hydroxylation is 1. The third-order valence-electron chi connectivity index (χ3n) is 6.14. The first kappa shape index (κ1) is 20.4. The third kappa shape index (κ3) is 4.49. The van der Waals surface area contributed by atoms with Crippen LogP contribution in [0, 0.1) is 5.92 Å². The van der Waals surface area contributed by atoms with Crippen molar-refractivity contribution < 1.29 is 9.47 Å². The van der Waals surface area contributed by atoms with Crippen molar-refractivity contribution in [2.75, 3.05) is 57.5 Å². The van der Waals surface area contributed by atoms with E-state index in [0.717, 1.165) is 83.0 Å². The predicted octanol–water partition coefficient (Wildman–Crippen LogP) is 1.87. The molecule has 2 aliphatic rings. The quantitative estimate of drug-likeness (QED) is 0.628. The Labute approximate surface area is 173 Å². The molecule has 4 heterocycles. The highest BCUT2D eigenvalue weighted by molar-refractivity contribution is 5.54. The van der Waals surface area contributed by atoms with Gasteiger partial charge in [-0.1, -0.05) is 0 Å². The molecule has 2 aromatic rings. The fourth-order valence-corrected chi connectivity index (χ4v) is 4.40. The van der Waals surface area contributed by atoms with E-state index in [4.69, 9.17) is 9.47 Å². The second-order valence-electron chi connectivity index (χ2n) is 8.20. The Bertz CT molecular complexity index is 782. The summed E-state index contributed by atoms with van der Waals surface area (Å²) in [4.78, 5) is 4.91. The molecular weight excluding hydrogens is 368 g/mol. The second kappa shape index (κ2) is 9.28. The van der Waals surface area contributed by atoms with Crippen LogP contribution in [-0.2, 0) is 23.1 Å². The maximum atomic E-state index is 5.63. The highest BCUT2D eigenvalue weighted by atomic mass is 16.5. The molecular formula is C21H34N6O2. The van der Waals surface area contributed by atoms with Gasteiger partial charge in [-0.15, -0.1) is 10.2 Å². The number of ether oxygens (including phenoxy) is 2. The van der Waals surface area contributed by atoms with Gasteiger partial charge in [-0.25, -0.2) is 0 Å². The zero-order chi connectivity index (χ0) is 20.2. The second-order valence-corrected chi connectivity index (χ2v) is 8.20. The molecule has 0 saturated carbocycles. The van der Waals surface area contributed by atoms with Crippen molar-refractivity contribution in [3.05, 3.63) is 18.3 Å². The molecule has 29 heavy (non-hydrogen) atoms. The van der Waals surface area contributed by atoms with Gasteiger partial charge >= 0.3 is 0 Å².